The molecule has 1 aromatic heterocycles. The Hall–Kier alpha value is -3.59. The second-order valence-electron chi connectivity index (χ2n) is 8.33. The highest BCUT2D eigenvalue weighted by atomic mass is 19.1. The Morgan fingerprint density at radius 3 is 2.12 bits per heavy atom. The van der Waals surface area contributed by atoms with Gasteiger partial charge in [0.15, 0.2) is 0 Å². The van der Waals surface area contributed by atoms with Gasteiger partial charge >= 0.3 is 5.69 Å². The molecule has 8 nitrogen and oxygen atoms in total. The quantitative estimate of drug-likeness (QED) is 0.423. The summed E-state index contributed by atoms with van der Waals surface area (Å²) in [7, 11) is 0. The summed E-state index contributed by atoms with van der Waals surface area (Å²) in [5.74, 6) is -0.249. The number of halogens is 1. The van der Waals surface area contributed by atoms with E-state index >= 15 is 0 Å². The van der Waals surface area contributed by atoms with Crippen LogP contribution < -0.4 is 0 Å². The van der Waals surface area contributed by atoms with Gasteiger partial charge in [-0.3, -0.25) is 24.5 Å². The Bertz CT molecular complexity index is 1150. The molecule has 9 heteroatoms. The van der Waals surface area contributed by atoms with Crippen LogP contribution in [0.2, 0.25) is 0 Å². The predicted molar refractivity (Wildman–Crippen MR) is 121 cm³/mol. The lowest BCUT2D eigenvalue weighted by molar-refractivity contribution is -0.386. The number of nitro groups is 1. The number of carbonyl (C=O) groups is 1. The van der Waals surface area contributed by atoms with E-state index in [9.17, 15) is 19.3 Å². The smallest absolute Gasteiger partial charge is 0.312 e. The first-order valence-electron chi connectivity index (χ1n) is 10.8. The zero-order valence-corrected chi connectivity index (χ0v) is 18.7. The van der Waals surface area contributed by atoms with E-state index in [1.165, 1.54) is 12.1 Å². The Morgan fingerprint density at radius 1 is 0.970 bits per heavy atom. The minimum absolute atomic E-state index is 0.00951. The third kappa shape index (κ3) is 5.09. The molecule has 0 radical (unpaired) electrons. The maximum Gasteiger partial charge on any atom is 0.312 e. The van der Waals surface area contributed by atoms with Gasteiger partial charge in [-0.2, -0.15) is 5.10 Å². The van der Waals surface area contributed by atoms with Gasteiger partial charge in [0.05, 0.1) is 11.5 Å². The van der Waals surface area contributed by atoms with Crippen molar-refractivity contribution in [3.05, 3.63) is 92.5 Å². The van der Waals surface area contributed by atoms with Crippen LogP contribution in [0, 0.1) is 29.8 Å². The topological polar surface area (TPSA) is 84.5 Å². The molecule has 0 saturated carbocycles. The molecule has 33 heavy (non-hydrogen) atoms. The maximum absolute atomic E-state index is 13.1. The highest BCUT2D eigenvalue weighted by Crippen LogP contribution is 2.22. The van der Waals surface area contributed by atoms with Crippen molar-refractivity contribution in [1.82, 2.24) is 19.6 Å². The van der Waals surface area contributed by atoms with Crippen LogP contribution in [0.3, 0.4) is 0 Å². The number of nitrogens with zero attached hydrogens (tertiary/aromatic N) is 5. The molecular weight excluding hydrogens is 425 g/mol. The second kappa shape index (κ2) is 9.50. The molecule has 1 amide bonds. The lowest BCUT2D eigenvalue weighted by Gasteiger charge is -2.34. The second-order valence-corrected chi connectivity index (χ2v) is 8.33. The van der Waals surface area contributed by atoms with Crippen LogP contribution >= 0.6 is 0 Å². The number of amides is 1. The average Bonchev–Trinajstić information content (AvgIpc) is 3.08. The standard InChI is InChI=1S/C24H26FN5O3/c1-17-23(30(32)33)18(2)29(26-17)16-20-3-7-21(8-4-20)24(31)28-13-11-27(12-14-28)15-19-5-9-22(25)10-6-19/h3-10H,11-16H2,1-2H3. The normalized spacial score (nSPS) is 14.5. The van der Waals surface area contributed by atoms with Gasteiger partial charge in [0.25, 0.3) is 5.91 Å². The van der Waals surface area contributed by atoms with Gasteiger partial charge in [-0.15, -0.1) is 0 Å². The fourth-order valence-electron chi connectivity index (χ4n) is 4.17. The van der Waals surface area contributed by atoms with Crippen molar-refractivity contribution in [2.24, 2.45) is 0 Å². The van der Waals surface area contributed by atoms with Crippen molar-refractivity contribution < 1.29 is 14.1 Å². The van der Waals surface area contributed by atoms with Crippen LogP contribution in [-0.2, 0) is 13.1 Å². The van der Waals surface area contributed by atoms with E-state index in [4.69, 9.17) is 0 Å². The Morgan fingerprint density at radius 2 is 1.55 bits per heavy atom. The Balaban J connectivity index is 1.34. The molecule has 0 atom stereocenters. The van der Waals surface area contributed by atoms with Crippen molar-refractivity contribution >= 4 is 11.6 Å². The minimum Gasteiger partial charge on any atom is -0.336 e. The van der Waals surface area contributed by atoms with Crippen LogP contribution in [0.1, 0.15) is 32.9 Å². The van der Waals surface area contributed by atoms with E-state index in [2.05, 4.69) is 10.00 Å². The summed E-state index contributed by atoms with van der Waals surface area (Å²) in [5.41, 5.74) is 3.53. The predicted octanol–water partition coefficient (Wildman–Crippen LogP) is 3.55. The molecule has 0 unspecified atom stereocenters. The summed E-state index contributed by atoms with van der Waals surface area (Å²) in [6.07, 6.45) is 0. The van der Waals surface area contributed by atoms with E-state index in [-0.39, 0.29) is 17.4 Å². The zero-order valence-electron chi connectivity index (χ0n) is 18.7. The summed E-state index contributed by atoms with van der Waals surface area (Å²) in [6.45, 7) is 7.25. The molecule has 1 aliphatic rings. The van der Waals surface area contributed by atoms with Gasteiger partial charge < -0.3 is 4.90 Å². The summed E-state index contributed by atoms with van der Waals surface area (Å²) >= 11 is 0. The number of piperazine rings is 1. The number of aryl methyl sites for hydroxylation is 1. The molecule has 2 heterocycles. The van der Waals surface area contributed by atoms with Crippen molar-refractivity contribution in [3.63, 3.8) is 0 Å². The maximum atomic E-state index is 13.1. The average molecular weight is 452 g/mol. The molecule has 2 aromatic carbocycles. The number of hydrogen-bond acceptors (Lipinski definition) is 5. The van der Waals surface area contributed by atoms with Gasteiger partial charge in [0.2, 0.25) is 0 Å². The van der Waals surface area contributed by atoms with E-state index in [1.54, 1.807) is 42.8 Å². The molecule has 4 rings (SSSR count). The summed E-state index contributed by atoms with van der Waals surface area (Å²) in [5, 5.41) is 15.5. The van der Waals surface area contributed by atoms with Gasteiger partial charge in [-0.1, -0.05) is 24.3 Å². The Kier molecular flexibility index (Phi) is 6.50. The van der Waals surface area contributed by atoms with Crippen molar-refractivity contribution in [3.8, 4) is 0 Å². The van der Waals surface area contributed by atoms with E-state index in [1.807, 2.05) is 17.0 Å². The number of carbonyl (C=O) groups excluding carboxylic acids is 1. The van der Waals surface area contributed by atoms with Crippen LogP contribution in [0.25, 0.3) is 0 Å². The van der Waals surface area contributed by atoms with Crippen molar-refractivity contribution in [2.45, 2.75) is 26.9 Å². The molecule has 0 aliphatic carbocycles. The third-order valence-corrected chi connectivity index (χ3v) is 6.04. The summed E-state index contributed by atoms with van der Waals surface area (Å²) in [6, 6.07) is 13.8. The van der Waals surface area contributed by atoms with Crippen LogP contribution in [0.4, 0.5) is 10.1 Å². The lowest BCUT2D eigenvalue weighted by atomic mass is 10.1. The number of benzene rings is 2. The number of hydrogen-bond donors (Lipinski definition) is 0. The van der Waals surface area contributed by atoms with Crippen molar-refractivity contribution in [1.29, 1.82) is 0 Å². The summed E-state index contributed by atoms with van der Waals surface area (Å²) in [4.78, 5) is 27.8. The first-order chi connectivity index (χ1) is 15.8. The molecule has 1 aliphatic heterocycles. The first kappa shape index (κ1) is 22.6. The van der Waals surface area contributed by atoms with Gasteiger partial charge in [-0.05, 0) is 49.2 Å². The molecule has 172 valence electrons. The van der Waals surface area contributed by atoms with Gasteiger partial charge in [-0.25, -0.2) is 4.39 Å². The minimum atomic E-state index is -0.407. The van der Waals surface area contributed by atoms with Crippen LogP contribution in [0.5, 0.6) is 0 Å². The lowest BCUT2D eigenvalue weighted by Crippen LogP contribution is -2.48. The van der Waals surface area contributed by atoms with Crippen LogP contribution in [0.15, 0.2) is 48.5 Å². The fraction of sp³-hybridized carbons (Fsp3) is 0.333. The third-order valence-electron chi connectivity index (χ3n) is 6.04. The highest BCUT2D eigenvalue weighted by molar-refractivity contribution is 5.94. The molecular formula is C24H26FN5O3. The van der Waals surface area contributed by atoms with Gasteiger partial charge in [0.1, 0.15) is 17.2 Å². The van der Waals surface area contributed by atoms with Crippen LogP contribution in [-0.4, -0.2) is 56.6 Å². The largest absolute Gasteiger partial charge is 0.336 e. The first-order valence-corrected chi connectivity index (χ1v) is 10.8. The SMILES string of the molecule is Cc1nn(Cc2ccc(C(=O)N3CCN(Cc4ccc(F)cc4)CC3)cc2)c(C)c1[N+](=O)[O-]. The number of aromatic nitrogens is 2. The monoisotopic (exact) mass is 451 g/mol. The molecule has 0 bridgehead atoms. The molecule has 3 aromatic rings. The fourth-order valence-corrected chi connectivity index (χ4v) is 4.17. The molecule has 0 spiro atoms. The Labute approximate surface area is 191 Å². The van der Waals surface area contributed by atoms with E-state index < -0.39 is 4.92 Å². The molecule has 1 fully saturated rings. The van der Waals surface area contributed by atoms with Gasteiger partial charge in [0, 0.05) is 38.3 Å². The van der Waals surface area contributed by atoms with E-state index in [0.29, 0.717) is 36.6 Å². The highest BCUT2D eigenvalue weighted by Gasteiger charge is 2.23. The summed E-state index contributed by atoms with van der Waals surface area (Å²) < 4.78 is 14.7. The number of rotatable bonds is 6. The van der Waals surface area contributed by atoms with Crippen molar-refractivity contribution in [2.75, 3.05) is 26.2 Å². The molecule has 0 N–H and O–H groups in total. The molecule has 1 saturated heterocycles. The van der Waals surface area contributed by atoms with E-state index in [0.717, 1.165) is 30.8 Å². The zero-order chi connectivity index (χ0) is 23.5.